The van der Waals surface area contributed by atoms with Crippen molar-refractivity contribution < 1.29 is 0 Å². The number of fused-ring (bicyclic) bond motifs is 1. The van der Waals surface area contributed by atoms with Crippen molar-refractivity contribution in [3.05, 3.63) is 102 Å². The van der Waals surface area contributed by atoms with Gasteiger partial charge < -0.3 is 0 Å². The molecule has 0 amide bonds. The molecule has 1 aliphatic rings. The van der Waals surface area contributed by atoms with Crippen LogP contribution in [0.1, 0.15) is 34.8 Å². The van der Waals surface area contributed by atoms with E-state index in [-0.39, 0.29) is 0 Å². The molecule has 3 atom stereocenters. The van der Waals surface area contributed by atoms with Crippen LogP contribution >= 0.6 is 11.8 Å². The zero-order chi connectivity index (χ0) is 15.6. The van der Waals surface area contributed by atoms with Gasteiger partial charge in [0.05, 0.1) is 0 Å². The van der Waals surface area contributed by atoms with Gasteiger partial charge in [-0.2, -0.15) is 0 Å². The van der Waals surface area contributed by atoms with E-state index in [0.717, 1.165) is 0 Å². The van der Waals surface area contributed by atoms with Crippen molar-refractivity contribution in [1.82, 2.24) is 0 Å². The van der Waals surface area contributed by atoms with Crippen molar-refractivity contribution in [2.45, 2.75) is 23.0 Å². The van der Waals surface area contributed by atoms with E-state index in [9.17, 15) is 0 Å². The van der Waals surface area contributed by atoms with Crippen LogP contribution in [0, 0.1) is 5.92 Å². The largest absolute Gasteiger partial charge is 0.118 e. The lowest BCUT2D eigenvalue weighted by molar-refractivity contribution is 0.548. The predicted octanol–water partition coefficient (Wildman–Crippen LogP) is 6.30. The van der Waals surface area contributed by atoms with Gasteiger partial charge in [0.1, 0.15) is 0 Å². The lowest BCUT2D eigenvalue weighted by atomic mass is 9.87. The molecule has 0 aliphatic heterocycles. The second kappa shape index (κ2) is 6.25. The smallest absolute Gasteiger partial charge is 0.0382 e. The van der Waals surface area contributed by atoms with Gasteiger partial charge in [-0.25, -0.2) is 0 Å². The molecule has 0 radical (unpaired) electrons. The standard InChI is InChI=1S/C22H20S/c1-16-21(17-10-4-2-5-11-17)19-14-8-9-15-20(19)22(16)23-18-12-6-3-7-13-18/h2-16,21-22H,1H3. The normalized spacial score (nSPS) is 22.7. The molecule has 0 spiro atoms. The van der Waals surface area contributed by atoms with Crippen LogP contribution in [0.25, 0.3) is 0 Å². The van der Waals surface area contributed by atoms with Crippen molar-refractivity contribution in [2.75, 3.05) is 0 Å². The molecule has 0 aromatic heterocycles. The minimum Gasteiger partial charge on any atom is -0.118 e. The third-order valence-electron chi connectivity index (χ3n) is 4.81. The molecule has 23 heavy (non-hydrogen) atoms. The zero-order valence-corrected chi connectivity index (χ0v) is 14.0. The number of thioether (sulfide) groups is 1. The Bertz CT molecular complexity index is 779. The summed E-state index contributed by atoms with van der Waals surface area (Å²) in [4.78, 5) is 1.35. The van der Waals surface area contributed by atoms with Gasteiger partial charge >= 0.3 is 0 Å². The molecule has 0 fully saturated rings. The first-order chi connectivity index (χ1) is 11.3. The quantitative estimate of drug-likeness (QED) is 0.546. The molecule has 3 aromatic rings. The summed E-state index contributed by atoms with van der Waals surface area (Å²) in [5, 5.41) is 0.513. The van der Waals surface area contributed by atoms with Crippen molar-refractivity contribution in [2.24, 2.45) is 5.92 Å². The Morgan fingerprint density at radius 1 is 0.652 bits per heavy atom. The second-order valence-electron chi connectivity index (χ2n) is 6.23. The summed E-state index contributed by atoms with van der Waals surface area (Å²) in [6, 6.07) is 30.7. The highest BCUT2D eigenvalue weighted by atomic mass is 32.2. The van der Waals surface area contributed by atoms with E-state index < -0.39 is 0 Å². The SMILES string of the molecule is CC1C(Sc2ccccc2)c2ccccc2C1c1ccccc1. The topological polar surface area (TPSA) is 0 Å². The van der Waals surface area contributed by atoms with Gasteiger partial charge in [-0.3, -0.25) is 0 Å². The molecular weight excluding hydrogens is 296 g/mol. The molecule has 1 heteroatoms. The van der Waals surface area contributed by atoms with Crippen molar-refractivity contribution >= 4 is 11.8 Å². The van der Waals surface area contributed by atoms with Crippen LogP contribution in [-0.4, -0.2) is 0 Å². The molecular formula is C22H20S. The van der Waals surface area contributed by atoms with Crippen LogP contribution in [0.2, 0.25) is 0 Å². The van der Waals surface area contributed by atoms with Gasteiger partial charge in [0.2, 0.25) is 0 Å². The number of hydrogen-bond donors (Lipinski definition) is 0. The van der Waals surface area contributed by atoms with E-state index in [1.807, 2.05) is 11.8 Å². The van der Waals surface area contributed by atoms with Crippen molar-refractivity contribution in [3.8, 4) is 0 Å². The van der Waals surface area contributed by atoms with Crippen LogP contribution in [0.15, 0.2) is 89.8 Å². The Morgan fingerprint density at radius 2 is 1.22 bits per heavy atom. The molecule has 0 saturated heterocycles. The van der Waals surface area contributed by atoms with Crippen LogP contribution in [0.5, 0.6) is 0 Å². The monoisotopic (exact) mass is 316 g/mol. The summed E-state index contributed by atoms with van der Waals surface area (Å²) < 4.78 is 0. The number of hydrogen-bond acceptors (Lipinski definition) is 1. The predicted molar refractivity (Wildman–Crippen MR) is 98.9 cm³/mol. The average Bonchev–Trinajstić information content (AvgIpc) is 2.89. The van der Waals surface area contributed by atoms with Crippen LogP contribution in [0.4, 0.5) is 0 Å². The fraction of sp³-hybridized carbons (Fsp3) is 0.182. The average molecular weight is 316 g/mol. The summed E-state index contributed by atoms with van der Waals surface area (Å²) >= 11 is 2.00. The molecule has 0 nitrogen and oxygen atoms in total. The van der Waals surface area contributed by atoms with Crippen LogP contribution in [-0.2, 0) is 0 Å². The fourth-order valence-electron chi connectivity index (χ4n) is 3.75. The van der Waals surface area contributed by atoms with Gasteiger partial charge in [0.15, 0.2) is 0 Å². The Kier molecular flexibility index (Phi) is 3.97. The van der Waals surface area contributed by atoms with E-state index in [0.29, 0.717) is 17.1 Å². The van der Waals surface area contributed by atoms with E-state index in [4.69, 9.17) is 0 Å². The second-order valence-corrected chi connectivity index (χ2v) is 7.44. The van der Waals surface area contributed by atoms with E-state index in [2.05, 4.69) is 91.9 Å². The van der Waals surface area contributed by atoms with Crippen LogP contribution in [0.3, 0.4) is 0 Å². The minimum absolute atomic E-state index is 0.494. The van der Waals surface area contributed by atoms with Gasteiger partial charge in [-0.05, 0) is 34.7 Å². The van der Waals surface area contributed by atoms with Gasteiger partial charge in [-0.1, -0.05) is 79.7 Å². The highest BCUT2D eigenvalue weighted by Gasteiger charge is 2.38. The first-order valence-corrected chi connectivity index (χ1v) is 9.08. The first kappa shape index (κ1) is 14.6. The summed E-state index contributed by atoms with van der Waals surface area (Å²) in [5.74, 6) is 1.08. The maximum Gasteiger partial charge on any atom is 0.0382 e. The minimum atomic E-state index is 0.494. The highest BCUT2D eigenvalue weighted by Crippen LogP contribution is 2.55. The molecule has 0 saturated carbocycles. The molecule has 1 aliphatic carbocycles. The lowest BCUT2D eigenvalue weighted by Crippen LogP contribution is -2.07. The summed E-state index contributed by atoms with van der Waals surface area (Å²) in [6.45, 7) is 2.40. The Morgan fingerprint density at radius 3 is 1.91 bits per heavy atom. The van der Waals surface area contributed by atoms with Crippen molar-refractivity contribution in [1.29, 1.82) is 0 Å². The maximum absolute atomic E-state index is 2.40. The fourth-order valence-corrected chi connectivity index (χ4v) is 5.08. The van der Waals surface area contributed by atoms with E-state index in [1.54, 1.807) is 0 Å². The third-order valence-corrected chi connectivity index (χ3v) is 6.29. The number of benzene rings is 3. The van der Waals surface area contributed by atoms with Crippen molar-refractivity contribution in [3.63, 3.8) is 0 Å². The maximum atomic E-state index is 2.40. The molecule has 4 rings (SSSR count). The number of rotatable bonds is 3. The van der Waals surface area contributed by atoms with Gasteiger partial charge in [0, 0.05) is 16.1 Å². The molecule has 0 heterocycles. The zero-order valence-electron chi connectivity index (χ0n) is 13.2. The van der Waals surface area contributed by atoms with E-state index >= 15 is 0 Å². The molecule has 114 valence electrons. The highest BCUT2D eigenvalue weighted by molar-refractivity contribution is 7.99. The summed E-state index contributed by atoms with van der Waals surface area (Å²) in [7, 11) is 0. The Hall–Kier alpha value is -1.99. The Balaban J connectivity index is 1.74. The molecule has 0 bridgehead atoms. The van der Waals surface area contributed by atoms with E-state index in [1.165, 1.54) is 21.6 Å². The molecule has 3 unspecified atom stereocenters. The third kappa shape index (κ3) is 2.70. The first-order valence-electron chi connectivity index (χ1n) is 8.20. The molecule has 3 aromatic carbocycles. The molecule has 0 N–H and O–H groups in total. The van der Waals surface area contributed by atoms with Gasteiger partial charge in [-0.15, -0.1) is 11.8 Å². The lowest BCUT2D eigenvalue weighted by Gasteiger charge is -2.21. The van der Waals surface area contributed by atoms with Crippen LogP contribution < -0.4 is 0 Å². The summed E-state index contributed by atoms with van der Waals surface area (Å²) in [5.41, 5.74) is 4.44. The van der Waals surface area contributed by atoms with Gasteiger partial charge in [0.25, 0.3) is 0 Å². The Labute approximate surface area is 142 Å². The summed E-state index contributed by atoms with van der Waals surface area (Å²) in [6.07, 6.45) is 0.